The molecule has 1 N–H and O–H groups in total. The van der Waals surface area contributed by atoms with Crippen molar-refractivity contribution in [2.45, 2.75) is 24.1 Å². The van der Waals surface area contributed by atoms with Gasteiger partial charge < -0.3 is 9.84 Å². The maximum Gasteiger partial charge on any atom is 0.324 e. The van der Waals surface area contributed by atoms with Crippen LogP contribution in [-0.4, -0.2) is 66.0 Å². The zero-order valence-electron chi connectivity index (χ0n) is 21.3. The summed E-state index contributed by atoms with van der Waals surface area (Å²) in [4.78, 5) is 18.8. The normalized spacial score (nSPS) is 17.7. The molecule has 0 saturated carbocycles. The number of piperazine rings is 1. The van der Waals surface area contributed by atoms with Gasteiger partial charge in [0.15, 0.2) is 0 Å². The Labute approximate surface area is 236 Å². The molecule has 10 heteroatoms. The molecule has 1 aromatic heterocycles. The van der Waals surface area contributed by atoms with Crippen LogP contribution in [0.1, 0.15) is 18.7 Å². The number of hydrogen-bond donors (Lipinski definition) is 1. The van der Waals surface area contributed by atoms with E-state index in [2.05, 4.69) is 20.9 Å². The monoisotopic (exact) mass is 609 g/mol. The molecule has 0 bridgehead atoms. The van der Waals surface area contributed by atoms with E-state index in [9.17, 15) is 18.3 Å². The molecule has 5 rings (SSSR count). The molecular formula is C29H28BrN3O5S. The standard InChI is InChI=1S/C29H28BrN3O5S/c1-2-38-29(35)27-19-32(39(36,37)26-10-8-23-17-25(30)9-7-24(23)18-26)15-16-33(27)28(34)22-5-3-20(4-6-22)21-11-13-31-14-12-21/h3-14,17-18,27-28,34H,2,15-16,19H2,1H3/t27?,28-/m1/s1. The summed E-state index contributed by atoms with van der Waals surface area (Å²) in [6.07, 6.45) is 2.31. The van der Waals surface area contributed by atoms with Gasteiger partial charge in [-0.1, -0.05) is 52.3 Å². The van der Waals surface area contributed by atoms with Crippen molar-refractivity contribution in [2.24, 2.45) is 0 Å². The zero-order chi connectivity index (χ0) is 27.6. The van der Waals surface area contributed by atoms with E-state index < -0.39 is 28.3 Å². The number of hydrogen-bond acceptors (Lipinski definition) is 7. The summed E-state index contributed by atoms with van der Waals surface area (Å²) in [5, 5.41) is 13.0. The fourth-order valence-electron chi connectivity index (χ4n) is 4.82. The van der Waals surface area contributed by atoms with Gasteiger partial charge in [-0.2, -0.15) is 4.31 Å². The van der Waals surface area contributed by atoms with Crippen LogP contribution < -0.4 is 0 Å². The van der Waals surface area contributed by atoms with Gasteiger partial charge in [0, 0.05) is 36.5 Å². The van der Waals surface area contributed by atoms with Gasteiger partial charge in [0.2, 0.25) is 10.0 Å². The number of rotatable bonds is 7. The number of aliphatic hydroxyl groups excluding tert-OH is 1. The second kappa shape index (κ2) is 11.5. The van der Waals surface area contributed by atoms with Gasteiger partial charge >= 0.3 is 5.97 Å². The zero-order valence-corrected chi connectivity index (χ0v) is 23.7. The molecule has 2 atom stereocenters. The highest BCUT2D eigenvalue weighted by Crippen LogP contribution is 2.30. The molecule has 8 nitrogen and oxygen atoms in total. The Hall–Kier alpha value is -3.15. The topological polar surface area (TPSA) is 100 Å². The summed E-state index contributed by atoms with van der Waals surface area (Å²) in [5.41, 5.74) is 2.56. The molecule has 3 aromatic carbocycles. The van der Waals surface area contributed by atoms with E-state index in [0.29, 0.717) is 5.56 Å². The Morgan fingerprint density at radius 2 is 1.67 bits per heavy atom. The second-order valence-corrected chi connectivity index (χ2v) is 12.1. The van der Waals surface area contributed by atoms with E-state index >= 15 is 0 Å². The van der Waals surface area contributed by atoms with Crippen molar-refractivity contribution in [3.63, 3.8) is 0 Å². The van der Waals surface area contributed by atoms with Gasteiger partial charge in [0.25, 0.3) is 0 Å². The number of sulfonamides is 1. The lowest BCUT2D eigenvalue weighted by Gasteiger charge is -2.41. The van der Waals surface area contributed by atoms with Crippen LogP contribution in [0.25, 0.3) is 21.9 Å². The summed E-state index contributed by atoms with van der Waals surface area (Å²) in [6, 6.07) is 20.9. The Morgan fingerprint density at radius 3 is 2.38 bits per heavy atom. The fraction of sp³-hybridized carbons (Fsp3) is 0.241. The van der Waals surface area contributed by atoms with Crippen molar-refractivity contribution in [2.75, 3.05) is 26.2 Å². The molecule has 1 aliphatic heterocycles. The molecule has 0 radical (unpaired) electrons. The molecule has 0 amide bonds. The molecule has 4 aromatic rings. The number of benzene rings is 3. The first kappa shape index (κ1) is 27.4. The number of pyridine rings is 1. The fourth-order valence-corrected chi connectivity index (χ4v) is 6.67. The second-order valence-electron chi connectivity index (χ2n) is 9.25. The number of carbonyl (C=O) groups is 1. The largest absolute Gasteiger partial charge is 0.465 e. The number of fused-ring (bicyclic) bond motifs is 1. The number of halogens is 1. The van der Waals surface area contributed by atoms with E-state index in [-0.39, 0.29) is 31.1 Å². The number of nitrogens with zero attached hydrogens (tertiary/aromatic N) is 3. The highest BCUT2D eigenvalue weighted by atomic mass is 79.9. The van der Waals surface area contributed by atoms with Crippen LogP contribution in [0.4, 0.5) is 0 Å². The van der Waals surface area contributed by atoms with Crippen molar-refractivity contribution in [3.8, 4) is 11.1 Å². The van der Waals surface area contributed by atoms with E-state index in [1.54, 1.807) is 54.5 Å². The third kappa shape index (κ3) is 5.75. The average molecular weight is 611 g/mol. The van der Waals surface area contributed by atoms with Crippen molar-refractivity contribution >= 4 is 42.7 Å². The average Bonchev–Trinajstić information content (AvgIpc) is 2.96. The highest BCUT2D eigenvalue weighted by molar-refractivity contribution is 9.10. The van der Waals surface area contributed by atoms with E-state index in [1.807, 2.05) is 42.5 Å². The maximum atomic E-state index is 13.6. The minimum atomic E-state index is -3.89. The summed E-state index contributed by atoms with van der Waals surface area (Å²) >= 11 is 3.44. The minimum absolute atomic E-state index is 0.114. The summed E-state index contributed by atoms with van der Waals surface area (Å²) in [7, 11) is -3.89. The summed E-state index contributed by atoms with van der Waals surface area (Å²) < 4.78 is 34.7. The molecule has 0 spiro atoms. The lowest BCUT2D eigenvalue weighted by atomic mass is 10.0. The Morgan fingerprint density at radius 1 is 1.00 bits per heavy atom. The van der Waals surface area contributed by atoms with Crippen LogP contribution in [-0.2, 0) is 19.6 Å². The number of aliphatic hydroxyl groups is 1. The first-order chi connectivity index (χ1) is 18.8. The van der Waals surface area contributed by atoms with Gasteiger partial charge in [-0.15, -0.1) is 0 Å². The van der Waals surface area contributed by atoms with Crippen LogP contribution in [0.2, 0.25) is 0 Å². The molecule has 1 fully saturated rings. The summed E-state index contributed by atoms with van der Waals surface area (Å²) in [6.45, 7) is 1.97. The smallest absolute Gasteiger partial charge is 0.324 e. The maximum absolute atomic E-state index is 13.6. The molecule has 1 saturated heterocycles. The first-order valence-electron chi connectivity index (χ1n) is 12.6. The number of ether oxygens (including phenoxy) is 1. The predicted molar refractivity (Wildman–Crippen MR) is 152 cm³/mol. The lowest BCUT2D eigenvalue weighted by Crippen LogP contribution is -2.58. The number of carbonyl (C=O) groups excluding carboxylic acids is 1. The minimum Gasteiger partial charge on any atom is -0.465 e. The summed E-state index contributed by atoms with van der Waals surface area (Å²) in [5.74, 6) is -0.576. The van der Waals surface area contributed by atoms with Crippen LogP contribution in [0.15, 0.2) is 94.6 Å². The highest BCUT2D eigenvalue weighted by Gasteiger charge is 2.41. The Bertz CT molecular complexity index is 1580. The van der Waals surface area contributed by atoms with Crippen LogP contribution in [0.3, 0.4) is 0 Å². The van der Waals surface area contributed by atoms with Crippen molar-refractivity contribution < 1.29 is 23.1 Å². The Balaban J connectivity index is 1.39. The van der Waals surface area contributed by atoms with Crippen LogP contribution in [0, 0.1) is 0 Å². The van der Waals surface area contributed by atoms with Gasteiger partial charge in [-0.3, -0.25) is 14.7 Å². The molecule has 0 aliphatic carbocycles. The molecule has 39 heavy (non-hydrogen) atoms. The van der Waals surface area contributed by atoms with E-state index in [0.717, 1.165) is 26.4 Å². The van der Waals surface area contributed by atoms with Crippen molar-refractivity contribution in [1.82, 2.24) is 14.2 Å². The van der Waals surface area contributed by atoms with E-state index in [4.69, 9.17) is 4.74 Å². The quantitative estimate of drug-likeness (QED) is 0.306. The first-order valence-corrected chi connectivity index (χ1v) is 14.8. The predicted octanol–water partition coefficient (Wildman–Crippen LogP) is 4.59. The molecule has 1 unspecified atom stereocenters. The van der Waals surface area contributed by atoms with Crippen LogP contribution >= 0.6 is 15.9 Å². The number of aromatic nitrogens is 1. The molecule has 1 aliphatic rings. The van der Waals surface area contributed by atoms with Crippen molar-refractivity contribution in [1.29, 1.82) is 0 Å². The molecular weight excluding hydrogens is 582 g/mol. The Kier molecular flexibility index (Phi) is 8.11. The number of esters is 1. The van der Waals surface area contributed by atoms with Crippen molar-refractivity contribution in [3.05, 3.63) is 95.2 Å². The molecule has 2 heterocycles. The van der Waals surface area contributed by atoms with Gasteiger partial charge in [0.1, 0.15) is 12.3 Å². The van der Waals surface area contributed by atoms with Crippen LogP contribution in [0.5, 0.6) is 0 Å². The van der Waals surface area contributed by atoms with E-state index in [1.165, 1.54) is 4.31 Å². The SMILES string of the molecule is CCOC(=O)C1CN(S(=O)(=O)c2ccc3cc(Br)ccc3c2)CCN1[C@H](O)c1ccc(-c2ccncc2)cc1. The van der Waals surface area contributed by atoms with Gasteiger partial charge in [0.05, 0.1) is 11.5 Å². The third-order valence-electron chi connectivity index (χ3n) is 6.89. The molecule has 202 valence electrons. The lowest BCUT2D eigenvalue weighted by molar-refractivity contribution is -0.158. The third-order valence-corrected chi connectivity index (χ3v) is 9.25. The van der Waals surface area contributed by atoms with Gasteiger partial charge in [-0.05, 0) is 70.8 Å². The van der Waals surface area contributed by atoms with Gasteiger partial charge in [-0.25, -0.2) is 8.42 Å².